The lowest BCUT2D eigenvalue weighted by molar-refractivity contribution is -0.146. The van der Waals surface area contributed by atoms with E-state index >= 15 is 0 Å². The molecular weight excluding hydrogens is 438 g/mol. The summed E-state index contributed by atoms with van der Waals surface area (Å²) in [4.78, 5) is 40.8. The number of phenolic OH excluding ortho intramolecular Hbond substituents is 1. The summed E-state index contributed by atoms with van der Waals surface area (Å²) >= 11 is 0. The first-order valence-electron chi connectivity index (χ1n) is 11.6. The Morgan fingerprint density at radius 2 is 1.71 bits per heavy atom. The van der Waals surface area contributed by atoms with Gasteiger partial charge < -0.3 is 30.5 Å². The molecule has 3 atom stereocenters. The fourth-order valence-electron chi connectivity index (χ4n) is 3.37. The molecule has 3 amide bonds. The van der Waals surface area contributed by atoms with Crippen LogP contribution in [0.2, 0.25) is 0 Å². The van der Waals surface area contributed by atoms with Crippen molar-refractivity contribution in [2.45, 2.75) is 98.0 Å². The molecule has 0 radical (unpaired) electrons. The summed E-state index contributed by atoms with van der Waals surface area (Å²) in [6, 6.07) is 1.99. The Bertz CT molecular complexity index is 872. The van der Waals surface area contributed by atoms with E-state index in [9.17, 15) is 24.6 Å². The van der Waals surface area contributed by atoms with Gasteiger partial charge in [0.25, 0.3) is 0 Å². The van der Waals surface area contributed by atoms with Crippen molar-refractivity contribution in [2.75, 3.05) is 6.61 Å². The molecule has 0 fully saturated rings. The van der Waals surface area contributed by atoms with Crippen molar-refractivity contribution in [1.29, 1.82) is 0 Å². The van der Waals surface area contributed by atoms with E-state index in [4.69, 9.17) is 4.74 Å². The number of nitrogens with one attached hydrogen (secondary N) is 2. The molecule has 1 rings (SSSR count). The molecule has 0 bridgehead atoms. The maximum Gasteiger partial charge on any atom is 0.408 e. The van der Waals surface area contributed by atoms with Gasteiger partial charge in [0.1, 0.15) is 23.4 Å². The molecule has 0 aromatic heterocycles. The van der Waals surface area contributed by atoms with Gasteiger partial charge in [0, 0.05) is 17.1 Å². The number of hydrogen-bond donors (Lipinski definition) is 4. The molecule has 1 aromatic rings. The van der Waals surface area contributed by atoms with Crippen LogP contribution in [0.4, 0.5) is 4.79 Å². The number of amides is 3. The highest BCUT2D eigenvalue weighted by Gasteiger charge is 2.40. The first-order valence-corrected chi connectivity index (χ1v) is 11.6. The first-order chi connectivity index (χ1) is 15.5. The summed E-state index contributed by atoms with van der Waals surface area (Å²) in [5.41, 5.74) is -0.603. The number of aromatic hydroxyl groups is 1. The number of rotatable bonds is 8. The molecule has 0 heterocycles. The zero-order chi connectivity index (χ0) is 26.4. The molecule has 192 valence electrons. The van der Waals surface area contributed by atoms with Crippen molar-refractivity contribution >= 4 is 17.9 Å². The quantitative estimate of drug-likeness (QED) is 0.453. The average Bonchev–Trinajstić information content (AvgIpc) is 2.68. The van der Waals surface area contributed by atoms with E-state index in [-0.39, 0.29) is 11.3 Å². The second-order valence-electron chi connectivity index (χ2n) is 10.5. The minimum atomic E-state index is -1.35. The van der Waals surface area contributed by atoms with Crippen LogP contribution in [0.15, 0.2) is 18.2 Å². The zero-order valence-corrected chi connectivity index (χ0v) is 21.9. The molecule has 0 aliphatic carbocycles. The number of aryl methyl sites for hydroxylation is 1. The predicted octanol–water partition coefficient (Wildman–Crippen LogP) is 3.17. The number of carbonyl (C=O) groups is 3. The highest BCUT2D eigenvalue weighted by atomic mass is 16.6. The van der Waals surface area contributed by atoms with E-state index < -0.39 is 53.8 Å². The second kappa shape index (κ2) is 11.6. The highest BCUT2D eigenvalue weighted by molar-refractivity contribution is 5.93. The Hall–Kier alpha value is -2.81. The predicted molar refractivity (Wildman–Crippen MR) is 130 cm³/mol. The van der Waals surface area contributed by atoms with Gasteiger partial charge in [-0.1, -0.05) is 25.1 Å². The number of ether oxygens (including phenoxy) is 1. The van der Waals surface area contributed by atoms with Crippen LogP contribution in [-0.2, 0) is 14.3 Å². The van der Waals surface area contributed by atoms with Crippen molar-refractivity contribution in [2.24, 2.45) is 0 Å². The van der Waals surface area contributed by atoms with Crippen molar-refractivity contribution in [1.82, 2.24) is 15.5 Å². The minimum absolute atomic E-state index is 0.0988. The van der Waals surface area contributed by atoms with Crippen molar-refractivity contribution in [3.8, 4) is 5.75 Å². The van der Waals surface area contributed by atoms with E-state index in [1.54, 1.807) is 52.8 Å². The second-order valence-corrected chi connectivity index (χ2v) is 10.5. The number of phenols is 1. The molecule has 0 aliphatic heterocycles. The molecule has 0 saturated heterocycles. The van der Waals surface area contributed by atoms with E-state index in [0.717, 1.165) is 0 Å². The molecule has 9 nitrogen and oxygen atoms in total. The number of alkyl carbamates (subject to hydrolysis) is 1. The number of hydrogen-bond acceptors (Lipinski definition) is 6. The number of benzene rings is 1. The van der Waals surface area contributed by atoms with Crippen LogP contribution in [0.5, 0.6) is 5.75 Å². The highest BCUT2D eigenvalue weighted by Crippen LogP contribution is 2.34. The van der Waals surface area contributed by atoms with E-state index in [1.165, 1.54) is 4.90 Å². The number of para-hydroxylation sites is 1. The number of carbonyl (C=O) groups excluding carboxylic acids is 3. The molecule has 34 heavy (non-hydrogen) atoms. The van der Waals surface area contributed by atoms with Crippen LogP contribution >= 0.6 is 0 Å². The van der Waals surface area contributed by atoms with Gasteiger partial charge >= 0.3 is 6.09 Å². The van der Waals surface area contributed by atoms with Gasteiger partial charge in [-0.3, -0.25) is 9.59 Å². The van der Waals surface area contributed by atoms with Gasteiger partial charge in [0.2, 0.25) is 11.8 Å². The van der Waals surface area contributed by atoms with Crippen LogP contribution in [-0.4, -0.2) is 62.9 Å². The summed E-state index contributed by atoms with van der Waals surface area (Å²) in [6.45, 7) is 15.1. The number of aliphatic hydroxyl groups is 1. The third-order valence-corrected chi connectivity index (χ3v) is 5.08. The molecule has 0 saturated carbocycles. The summed E-state index contributed by atoms with van der Waals surface area (Å²) < 4.78 is 5.23. The summed E-state index contributed by atoms with van der Waals surface area (Å²) in [7, 11) is 0. The van der Waals surface area contributed by atoms with Gasteiger partial charge in [-0.15, -0.1) is 0 Å². The van der Waals surface area contributed by atoms with E-state index in [0.29, 0.717) is 12.0 Å². The Balaban J connectivity index is 3.56. The Morgan fingerprint density at radius 1 is 1.12 bits per heavy atom. The maximum absolute atomic E-state index is 13.7. The molecular formula is C25H41N3O6. The Labute approximate surface area is 202 Å². The Morgan fingerprint density at radius 3 is 2.18 bits per heavy atom. The third kappa shape index (κ3) is 8.20. The molecule has 0 spiro atoms. The van der Waals surface area contributed by atoms with Crippen molar-refractivity contribution in [3.05, 3.63) is 29.3 Å². The normalized spacial score (nSPS) is 14.5. The molecule has 4 N–H and O–H groups in total. The standard InChI is InChI=1S/C25H41N3O6/c1-10-16(3)28(22(32)18(14-29)26-23(33)34-25(7,8)9)19(21(31)27-24(4,5)6)17-13-11-12-15(2)20(17)30/h11-13,16,18-19,29-30H,10,14H2,1-9H3,(H,26,33)(H,27,31). The zero-order valence-electron chi connectivity index (χ0n) is 21.9. The summed E-state index contributed by atoms with van der Waals surface area (Å²) in [5, 5.41) is 26.1. The van der Waals surface area contributed by atoms with Crippen molar-refractivity contribution in [3.63, 3.8) is 0 Å². The Kier molecular flexibility index (Phi) is 9.93. The lowest BCUT2D eigenvalue weighted by Crippen LogP contribution is -2.57. The average molecular weight is 480 g/mol. The van der Waals surface area contributed by atoms with Gasteiger partial charge in [-0.25, -0.2) is 4.79 Å². The van der Waals surface area contributed by atoms with Crippen LogP contribution in [0, 0.1) is 6.92 Å². The van der Waals surface area contributed by atoms with Gasteiger partial charge in [0.05, 0.1) is 6.61 Å². The molecule has 0 aliphatic rings. The fourth-order valence-corrected chi connectivity index (χ4v) is 3.37. The molecule has 3 unspecified atom stereocenters. The van der Waals surface area contributed by atoms with Crippen LogP contribution in [0.25, 0.3) is 0 Å². The van der Waals surface area contributed by atoms with Crippen molar-refractivity contribution < 1.29 is 29.3 Å². The van der Waals surface area contributed by atoms with Crippen LogP contribution in [0.1, 0.15) is 79.0 Å². The van der Waals surface area contributed by atoms with Crippen LogP contribution in [0.3, 0.4) is 0 Å². The van der Waals surface area contributed by atoms with Crippen LogP contribution < -0.4 is 10.6 Å². The topological polar surface area (TPSA) is 128 Å². The lowest BCUT2D eigenvalue weighted by Gasteiger charge is -2.39. The first kappa shape index (κ1) is 29.2. The van der Waals surface area contributed by atoms with Gasteiger partial charge in [-0.2, -0.15) is 0 Å². The van der Waals surface area contributed by atoms with Gasteiger partial charge in [0.15, 0.2) is 0 Å². The smallest absolute Gasteiger partial charge is 0.408 e. The third-order valence-electron chi connectivity index (χ3n) is 5.08. The summed E-state index contributed by atoms with van der Waals surface area (Å²) in [6.07, 6.45) is -0.375. The van der Waals surface area contributed by atoms with E-state index in [1.807, 2.05) is 27.7 Å². The number of aliphatic hydroxyl groups excluding tert-OH is 1. The maximum atomic E-state index is 13.7. The molecule has 1 aromatic carbocycles. The largest absolute Gasteiger partial charge is 0.507 e. The fraction of sp³-hybridized carbons (Fsp3) is 0.640. The summed E-state index contributed by atoms with van der Waals surface area (Å²) in [5.74, 6) is -1.26. The lowest BCUT2D eigenvalue weighted by atomic mass is 9.96. The minimum Gasteiger partial charge on any atom is -0.507 e. The van der Waals surface area contributed by atoms with E-state index in [2.05, 4.69) is 10.6 Å². The SMILES string of the molecule is CCC(C)N(C(=O)C(CO)NC(=O)OC(C)(C)C)C(C(=O)NC(C)(C)C)c1cccc(C)c1O. The number of nitrogens with zero attached hydrogens (tertiary/aromatic N) is 1. The monoisotopic (exact) mass is 479 g/mol. The van der Waals surface area contributed by atoms with Gasteiger partial charge in [-0.05, 0) is 67.4 Å². The molecule has 9 heteroatoms.